The van der Waals surface area contributed by atoms with Crippen LogP contribution in [-0.2, 0) is 17.1 Å². The Balaban J connectivity index is 1.88. The minimum absolute atomic E-state index is 0.129. The molecule has 0 aliphatic carbocycles. The van der Waals surface area contributed by atoms with Crippen LogP contribution in [0.2, 0.25) is 0 Å². The second kappa shape index (κ2) is 6.01. The number of aromatic nitrogens is 4. The highest BCUT2D eigenvalue weighted by molar-refractivity contribution is 7.89. The lowest BCUT2D eigenvalue weighted by Crippen LogP contribution is -2.58. The van der Waals surface area contributed by atoms with Crippen molar-refractivity contribution in [3.63, 3.8) is 0 Å². The number of aryl methyl sites for hydroxylation is 2. The van der Waals surface area contributed by atoms with Gasteiger partial charge in [0.15, 0.2) is 5.82 Å². The van der Waals surface area contributed by atoms with Crippen LogP contribution in [0.1, 0.15) is 12.0 Å². The molecule has 1 aromatic carbocycles. The summed E-state index contributed by atoms with van der Waals surface area (Å²) in [7, 11) is -2.84. The maximum atomic E-state index is 14.4. The Morgan fingerprint density at radius 3 is 2.54 bits per heavy atom. The van der Waals surface area contributed by atoms with Gasteiger partial charge in [0.1, 0.15) is 23.2 Å². The molecule has 28 heavy (non-hydrogen) atoms. The Labute approximate surface area is 157 Å². The van der Waals surface area contributed by atoms with E-state index in [4.69, 9.17) is 0 Å². The van der Waals surface area contributed by atoms with Crippen LogP contribution in [0.15, 0.2) is 23.5 Å². The van der Waals surface area contributed by atoms with Gasteiger partial charge in [-0.05, 0) is 31.0 Å². The fraction of sp³-hybridized carbons (Fsp3) is 0.375. The average molecular weight is 417 g/mol. The first-order valence-corrected chi connectivity index (χ1v) is 9.70. The Bertz CT molecular complexity index is 1180. The first-order chi connectivity index (χ1) is 13.0. The maximum Gasteiger partial charge on any atom is 0.405 e. The van der Waals surface area contributed by atoms with Gasteiger partial charge >= 0.3 is 6.18 Å². The Kier molecular flexibility index (Phi) is 4.05. The Morgan fingerprint density at radius 1 is 1.29 bits per heavy atom. The molecule has 1 aliphatic heterocycles. The zero-order valence-corrected chi connectivity index (χ0v) is 15.6. The van der Waals surface area contributed by atoms with Crippen LogP contribution < -0.4 is 0 Å². The SMILES string of the molecule is Cc1cc(F)c2[nH]c(S(=O)(=O)N3CCC3C(F)(F)F)cc2c1-c1ncn(C)n1. The van der Waals surface area contributed by atoms with Crippen molar-refractivity contribution < 1.29 is 26.0 Å². The normalized spacial score (nSPS) is 18.6. The summed E-state index contributed by atoms with van der Waals surface area (Å²) < 4.78 is 80.7. The first-order valence-electron chi connectivity index (χ1n) is 8.26. The molecule has 0 radical (unpaired) electrons. The maximum absolute atomic E-state index is 14.4. The molecule has 7 nitrogen and oxygen atoms in total. The second-order valence-corrected chi connectivity index (χ2v) is 8.54. The summed E-state index contributed by atoms with van der Waals surface area (Å²) in [5, 5.41) is 3.85. The van der Waals surface area contributed by atoms with E-state index < -0.39 is 33.1 Å². The fourth-order valence-corrected chi connectivity index (χ4v) is 5.01. The Hall–Kier alpha value is -2.47. The van der Waals surface area contributed by atoms with Gasteiger partial charge in [-0.1, -0.05) is 0 Å². The summed E-state index contributed by atoms with van der Waals surface area (Å²) in [5.74, 6) is -0.463. The molecule has 0 saturated carbocycles. The van der Waals surface area contributed by atoms with Crippen molar-refractivity contribution in [2.24, 2.45) is 7.05 Å². The van der Waals surface area contributed by atoms with E-state index in [2.05, 4.69) is 15.1 Å². The number of fused-ring (bicyclic) bond motifs is 1. The largest absolute Gasteiger partial charge is 0.405 e. The molecule has 1 unspecified atom stereocenters. The molecule has 1 saturated heterocycles. The van der Waals surface area contributed by atoms with Gasteiger partial charge in [-0.3, -0.25) is 4.68 Å². The summed E-state index contributed by atoms with van der Waals surface area (Å²) in [4.78, 5) is 6.55. The third-order valence-electron chi connectivity index (χ3n) is 4.80. The predicted octanol–water partition coefficient (Wildman–Crippen LogP) is 2.74. The molecule has 3 heterocycles. The quantitative estimate of drug-likeness (QED) is 0.665. The summed E-state index contributed by atoms with van der Waals surface area (Å²) in [5.41, 5.74) is 0.748. The number of sulfonamides is 1. The van der Waals surface area contributed by atoms with Gasteiger partial charge in [0.05, 0.1) is 5.52 Å². The number of halogens is 4. The summed E-state index contributed by atoms with van der Waals surface area (Å²) in [6.07, 6.45) is -3.54. The summed E-state index contributed by atoms with van der Waals surface area (Å²) in [6, 6.07) is 0.258. The van der Waals surface area contributed by atoms with Gasteiger partial charge in [-0.2, -0.15) is 22.6 Å². The van der Waals surface area contributed by atoms with Gasteiger partial charge in [0.2, 0.25) is 0 Å². The number of H-pyrrole nitrogens is 1. The van der Waals surface area contributed by atoms with Crippen LogP contribution >= 0.6 is 0 Å². The van der Waals surface area contributed by atoms with Gasteiger partial charge in [-0.15, -0.1) is 0 Å². The molecule has 0 amide bonds. The van der Waals surface area contributed by atoms with E-state index in [1.54, 1.807) is 14.0 Å². The van der Waals surface area contributed by atoms with Crippen LogP contribution in [0, 0.1) is 12.7 Å². The molecule has 0 bridgehead atoms. The molecule has 3 aromatic rings. The van der Waals surface area contributed by atoms with E-state index >= 15 is 0 Å². The number of benzene rings is 1. The van der Waals surface area contributed by atoms with Gasteiger partial charge in [0, 0.05) is 24.5 Å². The smallest absolute Gasteiger partial charge is 0.342 e. The summed E-state index contributed by atoms with van der Waals surface area (Å²) in [6.45, 7) is 1.36. The zero-order chi connectivity index (χ0) is 20.4. The summed E-state index contributed by atoms with van der Waals surface area (Å²) >= 11 is 0. The van der Waals surface area contributed by atoms with E-state index in [-0.39, 0.29) is 29.7 Å². The molecule has 0 spiro atoms. The molecule has 4 rings (SSSR count). The van der Waals surface area contributed by atoms with E-state index in [9.17, 15) is 26.0 Å². The number of aromatic amines is 1. The Morgan fingerprint density at radius 2 is 2.00 bits per heavy atom. The van der Waals surface area contributed by atoms with Crippen molar-refractivity contribution in [2.45, 2.75) is 30.6 Å². The molecule has 1 N–H and O–H groups in total. The van der Waals surface area contributed by atoms with Crippen molar-refractivity contribution in [2.75, 3.05) is 6.54 Å². The molecule has 1 fully saturated rings. The number of rotatable bonds is 3. The van der Waals surface area contributed by atoms with Crippen LogP contribution in [0.3, 0.4) is 0 Å². The fourth-order valence-electron chi connectivity index (χ4n) is 3.36. The van der Waals surface area contributed by atoms with Crippen LogP contribution in [-0.4, -0.2) is 51.2 Å². The molecule has 150 valence electrons. The molecule has 1 atom stereocenters. The van der Waals surface area contributed by atoms with Crippen molar-refractivity contribution in [1.82, 2.24) is 24.1 Å². The zero-order valence-electron chi connectivity index (χ0n) is 14.7. The van der Waals surface area contributed by atoms with E-state index in [0.717, 1.165) is 6.07 Å². The number of hydrogen-bond acceptors (Lipinski definition) is 4. The van der Waals surface area contributed by atoms with Crippen molar-refractivity contribution in [1.29, 1.82) is 0 Å². The molecule has 2 aromatic heterocycles. The highest BCUT2D eigenvalue weighted by atomic mass is 32.2. The molecular formula is C16H15F4N5O2S. The lowest BCUT2D eigenvalue weighted by atomic mass is 10.0. The minimum Gasteiger partial charge on any atom is -0.342 e. The standard InChI is InChI=1S/C16H15F4N5O2S/c1-8-5-10(17)14-9(13(8)15-21-7-24(2)23-15)6-12(22-14)28(26,27)25-4-3-11(25)16(18,19)20/h5-7,11,22H,3-4H2,1-2H3. The lowest BCUT2D eigenvalue weighted by Gasteiger charge is -2.39. The third-order valence-corrected chi connectivity index (χ3v) is 6.63. The number of hydrogen-bond donors (Lipinski definition) is 1. The van der Waals surface area contributed by atoms with E-state index in [1.165, 1.54) is 17.1 Å². The molecule has 12 heteroatoms. The molecule has 1 aliphatic rings. The second-order valence-electron chi connectivity index (χ2n) is 6.68. The lowest BCUT2D eigenvalue weighted by molar-refractivity contribution is -0.192. The number of nitrogens with zero attached hydrogens (tertiary/aromatic N) is 4. The number of alkyl halides is 3. The number of nitrogens with one attached hydrogen (secondary N) is 1. The van der Waals surface area contributed by atoms with Crippen LogP contribution in [0.4, 0.5) is 17.6 Å². The van der Waals surface area contributed by atoms with E-state index in [1.807, 2.05) is 0 Å². The van der Waals surface area contributed by atoms with E-state index in [0.29, 0.717) is 15.4 Å². The van der Waals surface area contributed by atoms with Gasteiger partial charge in [-0.25, -0.2) is 17.8 Å². The van der Waals surface area contributed by atoms with Crippen LogP contribution in [0.25, 0.3) is 22.3 Å². The highest BCUT2D eigenvalue weighted by Gasteiger charge is 2.53. The molecular weight excluding hydrogens is 402 g/mol. The monoisotopic (exact) mass is 417 g/mol. The van der Waals surface area contributed by atoms with Gasteiger partial charge in [0.25, 0.3) is 10.0 Å². The average Bonchev–Trinajstić information content (AvgIpc) is 3.11. The topological polar surface area (TPSA) is 83.9 Å². The first kappa shape index (κ1) is 18.9. The predicted molar refractivity (Wildman–Crippen MR) is 91.3 cm³/mol. The minimum atomic E-state index is -4.66. The van der Waals surface area contributed by atoms with Crippen molar-refractivity contribution >= 4 is 20.9 Å². The van der Waals surface area contributed by atoms with Crippen molar-refractivity contribution in [3.05, 3.63) is 29.8 Å². The third kappa shape index (κ3) is 2.78. The van der Waals surface area contributed by atoms with Crippen molar-refractivity contribution in [3.8, 4) is 11.4 Å². The highest BCUT2D eigenvalue weighted by Crippen LogP contribution is 2.39. The van der Waals surface area contributed by atoms with Gasteiger partial charge < -0.3 is 4.98 Å². The van der Waals surface area contributed by atoms with Crippen LogP contribution in [0.5, 0.6) is 0 Å².